The Bertz CT molecular complexity index is 762. The van der Waals surface area contributed by atoms with E-state index in [4.69, 9.17) is 16.2 Å². The Morgan fingerprint density at radius 2 is 2.14 bits per heavy atom. The van der Waals surface area contributed by atoms with Crippen molar-refractivity contribution in [1.82, 2.24) is 4.98 Å². The standard InChI is InChI=1S/C14H17N7O/c1-22-10-6-8-9(7-15)14(21-4-2-18-3-5-21)20-13(17)11(8)12(16)19-10/h6,18H,2-5H2,1H3,(H2,16,19)(H2,17,20)/p+2. The number of H-pyrrole nitrogens is 1. The maximum absolute atomic E-state index is 9.64. The van der Waals surface area contributed by atoms with Gasteiger partial charge in [0, 0.05) is 11.5 Å². The van der Waals surface area contributed by atoms with Gasteiger partial charge < -0.3 is 20.7 Å². The van der Waals surface area contributed by atoms with Crippen LogP contribution < -0.4 is 31.4 Å². The minimum atomic E-state index is 0.315. The van der Waals surface area contributed by atoms with E-state index in [9.17, 15) is 5.26 Å². The normalized spacial score (nSPS) is 14.8. The van der Waals surface area contributed by atoms with Gasteiger partial charge in [-0.05, 0) is 0 Å². The van der Waals surface area contributed by atoms with Gasteiger partial charge in [-0.25, -0.2) is 9.97 Å². The molecule has 0 amide bonds. The van der Waals surface area contributed by atoms with Crippen molar-refractivity contribution in [2.24, 2.45) is 0 Å². The van der Waals surface area contributed by atoms with Gasteiger partial charge in [-0.2, -0.15) is 5.26 Å². The first-order valence-corrected chi connectivity index (χ1v) is 7.11. The van der Waals surface area contributed by atoms with Crippen molar-refractivity contribution in [3.05, 3.63) is 11.6 Å². The lowest BCUT2D eigenvalue weighted by atomic mass is 10.1. The highest BCUT2D eigenvalue weighted by Crippen LogP contribution is 2.33. The molecule has 0 atom stereocenters. The Hall–Kier alpha value is -2.79. The fourth-order valence-corrected chi connectivity index (χ4v) is 2.81. The van der Waals surface area contributed by atoms with Gasteiger partial charge in [0.25, 0.3) is 11.7 Å². The topological polar surface area (TPSA) is 132 Å². The van der Waals surface area contributed by atoms with Gasteiger partial charge in [0.1, 0.15) is 28.7 Å². The molecule has 1 aliphatic rings. The number of nitrogens with two attached hydrogens (primary N) is 3. The average Bonchev–Trinajstić information content (AvgIpc) is 2.54. The van der Waals surface area contributed by atoms with Gasteiger partial charge in [-0.3, -0.25) is 5.73 Å². The second kappa shape index (κ2) is 5.54. The fourth-order valence-electron chi connectivity index (χ4n) is 2.81. The molecule has 8 nitrogen and oxygen atoms in total. The summed E-state index contributed by atoms with van der Waals surface area (Å²) in [6.45, 7) is 3.60. The summed E-state index contributed by atoms with van der Waals surface area (Å²) in [4.78, 5) is 9.43. The number of anilines is 3. The van der Waals surface area contributed by atoms with Gasteiger partial charge >= 0.3 is 0 Å². The lowest BCUT2D eigenvalue weighted by Gasteiger charge is -2.27. The number of nitrogen functional groups attached to an aromatic ring is 2. The maximum atomic E-state index is 9.64. The van der Waals surface area contributed by atoms with Gasteiger partial charge in [-0.15, -0.1) is 0 Å². The number of methoxy groups -OCH3 is 1. The van der Waals surface area contributed by atoms with Crippen molar-refractivity contribution in [2.45, 2.75) is 0 Å². The molecule has 0 radical (unpaired) electrons. The first-order chi connectivity index (χ1) is 10.7. The van der Waals surface area contributed by atoms with E-state index in [0.29, 0.717) is 39.7 Å². The number of hydrogen-bond donors (Lipinski definition) is 3. The first-order valence-electron chi connectivity index (χ1n) is 7.11. The van der Waals surface area contributed by atoms with Crippen LogP contribution in [0.25, 0.3) is 10.8 Å². The number of aromatic amines is 1. The summed E-state index contributed by atoms with van der Waals surface area (Å²) < 4.78 is 5.20. The van der Waals surface area contributed by atoms with Crippen LogP contribution in [-0.2, 0) is 0 Å². The molecule has 114 valence electrons. The van der Waals surface area contributed by atoms with Crippen molar-refractivity contribution >= 4 is 28.2 Å². The molecule has 2 aromatic rings. The molecule has 0 unspecified atom stereocenters. The molecule has 2 aromatic heterocycles. The van der Waals surface area contributed by atoms with Gasteiger partial charge in [0.05, 0.1) is 33.3 Å². The Morgan fingerprint density at radius 3 is 2.77 bits per heavy atom. The largest absolute Gasteiger partial charge is 0.466 e. The smallest absolute Gasteiger partial charge is 0.284 e. The number of fused-ring (bicyclic) bond motifs is 1. The third-order valence-corrected chi connectivity index (χ3v) is 3.88. The highest BCUT2D eigenvalue weighted by Gasteiger charge is 2.24. The molecular weight excluding hydrogens is 282 g/mol. The Kier molecular flexibility index (Phi) is 3.56. The van der Waals surface area contributed by atoms with Crippen LogP contribution in [0.3, 0.4) is 0 Å². The fraction of sp³-hybridized carbons (Fsp3) is 0.357. The van der Waals surface area contributed by atoms with E-state index in [0.717, 1.165) is 26.2 Å². The zero-order valence-corrected chi connectivity index (χ0v) is 12.4. The molecule has 7 N–H and O–H groups in total. The summed E-state index contributed by atoms with van der Waals surface area (Å²) in [5.74, 6) is 1.75. The SMILES string of the molecule is COc1cc2c(C#N)c(N3CC[NH2+]CC3)nc(N)c2c(N)[nH+]1. The summed E-state index contributed by atoms with van der Waals surface area (Å²) in [5.41, 5.74) is 12.6. The van der Waals surface area contributed by atoms with E-state index in [1.807, 2.05) is 0 Å². The number of pyridine rings is 2. The quantitative estimate of drug-likeness (QED) is 0.617. The van der Waals surface area contributed by atoms with Crippen LogP contribution in [0, 0.1) is 11.3 Å². The van der Waals surface area contributed by atoms with Crippen molar-refractivity contribution in [3.63, 3.8) is 0 Å². The molecule has 1 aliphatic heterocycles. The molecule has 0 aromatic carbocycles. The second-order valence-corrected chi connectivity index (χ2v) is 5.20. The minimum Gasteiger partial charge on any atom is -0.466 e. The number of piperazine rings is 1. The van der Waals surface area contributed by atoms with Crippen molar-refractivity contribution in [2.75, 3.05) is 49.7 Å². The Balaban J connectivity index is 2.28. The molecule has 8 heteroatoms. The van der Waals surface area contributed by atoms with Crippen LogP contribution in [0.4, 0.5) is 17.5 Å². The number of ether oxygens (including phenoxy) is 1. The zero-order valence-electron chi connectivity index (χ0n) is 12.4. The summed E-state index contributed by atoms with van der Waals surface area (Å²) in [5, 5.41) is 13.1. The molecule has 3 rings (SSSR count). The number of aromatic nitrogens is 2. The number of hydrogen-bond acceptors (Lipinski definition) is 6. The molecule has 0 spiro atoms. The van der Waals surface area contributed by atoms with Crippen LogP contribution in [0.5, 0.6) is 5.88 Å². The summed E-state index contributed by atoms with van der Waals surface area (Å²) in [6, 6.07) is 3.98. The molecule has 1 fully saturated rings. The molecule has 0 aliphatic carbocycles. The van der Waals surface area contributed by atoms with E-state index >= 15 is 0 Å². The Labute approximate surface area is 127 Å². The number of nitrogens with one attached hydrogen (secondary N) is 1. The lowest BCUT2D eigenvalue weighted by molar-refractivity contribution is -0.655. The minimum absolute atomic E-state index is 0.315. The van der Waals surface area contributed by atoms with Gasteiger partial charge in [-0.1, -0.05) is 0 Å². The number of nitrogens with zero attached hydrogens (tertiary/aromatic N) is 3. The van der Waals surface area contributed by atoms with Crippen molar-refractivity contribution < 1.29 is 15.0 Å². The number of nitriles is 1. The highest BCUT2D eigenvalue weighted by molar-refractivity contribution is 6.03. The third-order valence-electron chi connectivity index (χ3n) is 3.88. The molecule has 3 heterocycles. The predicted octanol–water partition coefficient (Wildman–Crippen LogP) is -1.52. The van der Waals surface area contributed by atoms with Gasteiger partial charge in [0.15, 0.2) is 0 Å². The number of quaternary nitrogens is 1. The summed E-state index contributed by atoms with van der Waals surface area (Å²) >= 11 is 0. The molecule has 0 saturated carbocycles. The van der Waals surface area contributed by atoms with Crippen LogP contribution >= 0.6 is 0 Å². The van der Waals surface area contributed by atoms with Crippen molar-refractivity contribution in [3.8, 4) is 11.9 Å². The molecule has 0 bridgehead atoms. The van der Waals surface area contributed by atoms with E-state index < -0.39 is 0 Å². The Morgan fingerprint density at radius 1 is 1.41 bits per heavy atom. The van der Waals surface area contributed by atoms with Crippen LogP contribution in [0.2, 0.25) is 0 Å². The monoisotopic (exact) mass is 301 g/mol. The zero-order chi connectivity index (χ0) is 15.7. The predicted molar refractivity (Wildman–Crippen MR) is 82.3 cm³/mol. The highest BCUT2D eigenvalue weighted by atomic mass is 16.5. The number of rotatable bonds is 2. The van der Waals surface area contributed by atoms with E-state index in [-0.39, 0.29) is 0 Å². The molecular formula is C14H19N7O+2. The average molecular weight is 301 g/mol. The maximum Gasteiger partial charge on any atom is 0.284 e. The molecule has 1 saturated heterocycles. The second-order valence-electron chi connectivity index (χ2n) is 5.20. The van der Waals surface area contributed by atoms with E-state index in [1.54, 1.807) is 6.07 Å². The van der Waals surface area contributed by atoms with Crippen LogP contribution in [0.1, 0.15) is 5.56 Å². The molecule has 22 heavy (non-hydrogen) atoms. The summed E-state index contributed by atoms with van der Waals surface area (Å²) in [6.07, 6.45) is 0. The van der Waals surface area contributed by atoms with Crippen molar-refractivity contribution in [1.29, 1.82) is 5.26 Å². The summed E-state index contributed by atoms with van der Waals surface area (Å²) in [7, 11) is 1.54. The first kappa shape index (κ1) is 14.2. The van der Waals surface area contributed by atoms with E-state index in [2.05, 4.69) is 26.3 Å². The van der Waals surface area contributed by atoms with Crippen LogP contribution in [0.15, 0.2) is 6.07 Å². The van der Waals surface area contributed by atoms with Crippen LogP contribution in [-0.4, -0.2) is 38.3 Å². The van der Waals surface area contributed by atoms with E-state index in [1.165, 1.54) is 7.11 Å². The third kappa shape index (κ3) is 2.21. The van der Waals surface area contributed by atoms with Gasteiger partial charge in [0.2, 0.25) is 0 Å². The lowest BCUT2D eigenvalue weighted by Crippen LogP contribution is -2.89.